The standard InChI is InChI=1S/C25H23FN2O4/c1-5-31-25(30)20-12-18-19(13-28(4)24(29)22(18)27-20)17-8-6-7-9-21(17)32-23-14(2)10-16(26)11-15(23)3/h6-13,27H,5H2,1-4H3. The molecule has 0 unspecified atom stereocenters. The molecule has 4 rings (SSSR count). The molecule has 0 amide bonds. The average molecular weight is 434 g/mol. The molecule has 2 aromatic carbocycles. The number of carbonyl (C=O) groups is 1. The number of carbonyl (C=O) groups excluding carboxylic acids is 1. The van der Waals surface area contributed by atoms with Gasteiger partial charge in [-0.1, -0.05) is 18.2 Å². The Hall–Kier alpha value is -3.87. The van der Waals surface area contributed by atoms with E-state index in [0.29, 0.717) is 39.1 Å². The third-order valence-electron chi connectivity index (χ3n) is 5.27. The maximum Gasteiger partial charge on any atom is 0.354 e. The number of esters is 1. The summed E-state index contributed by atoms with van der Waals surface area (Å²) in [5, 5.41) is 0.583. The normalized spacial score (nSPS) is 11.0. The number of halogens is 1. The Labute approximate surface area is 184 Å². The highest BCUT2D eigenvalue weighted by atomic mass is 19.1. The summed E-state index contributed by atoms with van der Waals surface area (Å²) < 4.78 is 26.5. The number of aryl methyl sites for hydroxylation is 3. The Morgan fingerprint density at radius 1 is 1.09 bits per heavy atom. The van der Waals surface area contributed by atoms with Crippen molar-refractivity contribution in [1.29, 1.82) is 0 Å². The fourth-order valence-corrected chi connectivity index (χ4v) is 3.81. The summed E-state index contributed by atoms with van der Waals surface area (Å²) >= 11 is 0. The van der Waals surface area contributed by atoms with E-state index in [1.807, 2.05) is 24.3 Å². The lowest BCUT2D eigenvalue weighted by Gasteiger charge is -2.16. The zero-order valence-corrected chi connectivity index (χ0v) is 18.3. The summed E-state index contributed by atoms with van der Waals surface area (Å²) in [7, 11) is 1.65. The first-order chi connectivity index (χ1) is 15.3. The van der Waals surface area contributed by atoms with Gasteiger partial charge in [-0.25, -0.2) is 9.18 Å². The minimum absolute atomic E-state index is 0.204. The van der Waals surface area contributed by atoms with E-state index in [2.05, 4.69) is 4.98 Å². The van der Waals surface area contributed by atoms with E-state index in [9.17, 15) is 14.0 Å². The smallest absolute Gasteiger partial charge is 0.354 e. The molecule has 0 saturated heterocycles. The van der Waals surface area contributed by atoms with Crippen LogP contribution in [0.25, 0.3) is 22.0 Å². The molecule has 2 aromatic heterocycles. The van der Waals surface area contributed by atoms with Gasteiger partial charge in [-0.15, -0.1) is 0 Å². The van der Waals surface area contributed by atoms with Crippen LogP contribution in [0.2, 0.25) is 0 Å². The van der Waals surface area contributed by atoms with Gasteiger partial charge in [-0.3, -0.25) is 4.79 Å². The molecule has 0 spiro atoms. The SMILES string of the molecule is CCOC(=O)c1cc2c(-c3ccccc3Oc3c(C)cc(F)cc3C)cn(C)c(=O)c2[nH]1. The zero-order valence-electron chi connectivity index (χ0n) is 18.3. The van der Waals surface area contributed by atoms with Crippen LogP contribution in [-0.4, -0.2) is 22.1 Å². The van der Waals surface area contributed by atoms with Gasteiger partial charge < -0.3 is 19.0 Å². The van der Waals surface area contributed by atoms with E-state index in [1.54, 1.807) is 40.1 Å². The molecule has 0 aliphatic rings. The van der Waals surface area contributed by atoms with Crippen molar-refractivity contribution >= 4 is 16.9 Å². The summed E-state index contributed by atoms with van der Waals surface area (Å²) in [4.78, 5) is 27.9. The number of benzene rings is 2. The number of para-hydroxylation sites is 1. The van der Waals surface area contributed by atoms with E-state index in [1.165, 1.54) is 16.7 Å². The number of hydrogen-bond acceptors (Lipinski definition) is 4. The van der Waals surface area contributed by atoms with Gasteiger partial charge in [0.15, 0.2) is 0 Å². The van der Waals surface area contributed by atoms with Gasteiger partial charge in [-0.2, -0.15) is 0 Å². The first-order valence-electron chi connectivity index (χ1n) is 10.2. The minimum Gasteiger partial charge on any atom is -0.461 e. The van der Waals surface area contributed by atoms with Crippen LogP contribution in [0.15, 0.2) is 53.5 Å². The number of hydrogen-bond donors (Lipinski definition) is 1. The first-order valence-corrected chi connectivity index (χ1v) is 10.2. The Balaban J connectivity index is 1.90. The van der Waals surface area contributed by atoms with E-state index in [-0.39, 0.29) is 23.7 Å². The van der Waals surface area contributed by atoms with Gasteiger partial charge in [0.1, 0.15) is 28.5 Å². The Bertz CT molecular complexity index is 1380. The molecular formula is C25H23FN2O4. The third-order valence-corrected chi connectivity index (χ3v) is 5.27. The van der Waals surface area contributed by atoms with Crippen LogP contribution >= 0.6 is 0 Å². The molecule has 0 atom stereocenters. The van der Waals surface area contributed by atoms with Crippen LogP contribution in [-0.2, 0) is 11.8 Å². The van der Waals surface area contributed by atoms with Crippen molar-refractivity contribution in [2.45, 2.75) is 20.8 Å². The molecule has 6 nitrogen and oxygen atoms in total. The number of aromatic amines is 1. The van der Waals surface area contributed by atoms with E-state index in [4.69, 9.17) is 9.47 Å². The second-order valence-corrected chi connectivity index (χ2v) is 7.62. The lowest BCUT2D eigenvalue weighted by molar-refractivity contribution is 0.0520. The average Bonchev–Trinajstić information content (AvgIpc) is 3.20. The maximum absolute atomic E-state index is 13.7. The lowest BCUT2D eigenvalue weighted by Crippen LogP contribution is -2.16. The lowest BCUT2D eigenvalue weighted by atomic mass is 10.0. The van der Waals surface area contributed by atoms with Gasteiger partial charge >= 0.3 is 5.97 Å². The van der Waals surface area contributed by atoms with Crippen LogP contribution in [0.5, 0.6) is 11.5 Å². The number of H-pyrrole nitrogens is 1. The number of ether oxygens (including phenoxy) is 2. The van der Waals surface area contributed by atoms with Gasteiger partial charge in [0.05, 0.1) is 6.61 Å². The summed E-state index contributed by atoms with van der Waals surface area (Å²) in [6.07, 6.45) is 1.71. The maximum atomic E-state index is 13.7. The van der Waals surface area contributed by atoms with Crippen molar-refractivity contribution in [2.24, 2.45) is 7.05 Å². The third kappa shape index (κ3) is 3.77. The second-order valence-electron chi connectivity index (χ2n) is 7.62. The highest BCUT2D eigenvalue weighted by Crippen LogP contribution is 2.38. The van der Waals surface area contributed by atoms with Crippen LogP contribution in [0.3, 0.4) is 0 Å². The molecule has 0 fully saturated rings. The monoisotopic (exact) mass is 434 g/mol. The summed E-state index contributed by atoms with van der Waals surface area (Å²) in [5.41, 5.74) is 3.03. The Morgan fingerprint density at radius 3 is 2.47 bits per heavy atom. The van der Waals surface area contributed by atoms with Crippen molar-refractivity contribution in [3.8, 4) is 22.6 Å². The van der Waals surface area contributed by atoms with Crippen molar-refractivity contribution in [1.82, 2.24) is 9.55 Å². The first kappa shape index (κ1) is 21.4. The number of nitrogens with zero attached hydrogens (tertiary/aromatic N) is 1. The van der Waals surface area contributed by atoms with Crippen LogP contribution in [0, 0.1) is 19.7 Å². The number of rotatable bonds is 5. The zero-order chi connectivity index (χ0) is 23.0. The Morgan fingerprint density at radius 2 is 1.78 bits per heavy atom. The molecule has 0 saturated carbocycles. The largest absolute Gasteiger partial charge is 0.461 e. The number of fused-ring (bicyclic) bond motifs is 1. The fraction of sp³-hybridized carbons (Fsp3) is 0.200. The highest BCUT2D eigenvalue weighted by molar-refractivity contribution is 6.01. The summed E-state index contributed by atoms with van der Waals surface area (Å²) in [5.74, 6) is 0.267. The van der Waals surface area contributed by atoms with E-state index >= 15 is 0 Å². The van der Waals surface area contributed by atoms with Gasteiger partial charge in [0.25, 0.3) is 5.56 Å². The molecule has 2 heterocycles. The molecule has 32 heavy (non-hydrogen) atoms. The highest BCUT2D eigenvalue weighted by Gasteiger charge is 2.19. The van der Waals surface area contributed by atoms with Gasteiger partial charge in [-0.05, 0) is 56.2 Å². The van der Waals surface area contributed by atoms with Crippen molar-refractivity contribution in [3.63, 3.8) is 0 Å². The van der Waals surface area contributed by atoms with Crippen LogP contribution in [0.4, 0.5) is 4.39 Å². The molecule has 0 aliphatic carbocycles. The minimum atomic E-state index is -0.529. The predicted octanol–water partition coefficient (Wildman–Crippen LogP) is 5.26. The van der Waals surface area contributed by atoms with Crippen LogP contribution < -0.4 is 10.3 Å². The molecule has 7 heteroatoms. The molecule has 164 valence electrons. The second kappa shape index (κ2) is 8.34. The molecular weight excluding hydrogens is 411 g/mol. The fourth-order valence-electron chi connectivity index (χ4n) is 3.81. The van der Waals surface area contributed by atoms with E-state index in [0.717, 1.165) is 5.56 Å². The van der Waals surface area contributed by atoms with Crippen molar-refractivity contribution < 1.29 is 18.7 Å². The molecule has 0 aliphatic heterocycles. The molecule has 4 aromatic rings. The topological polar surface area (TPSA) is 73.3 Å². The van der Waals surface area contributed by atoms with Crippen molar-refractivity contribution in [2.75, 3.05) is 6.61 Å². The predicted molar refractivity (Wildman–Crippen MR) is 121 cm³/mol. The summed E-state index contributed by atoms with van der Waals surface area (Å²) in [6, 6.07) is 11.9. The molecule has 0 bridgehead atoms. The number of pyridine rings is 1. The summed E-state index contributed by atoms with van der Waals surface area (Å²) in [6.45, 7) is 5.52. The number of aromatic nitrogens is 2. The van der Waals surface area contributed by atoms with E-state index < -0.39 is 5.97 Å². The molecule has 0 radical (unpaired) electrons. The Kier molecular flexibility index (Phi) is 5.57. The van der Waals surface area contributed by atoms with Gasteiger partial charge in [0.2, 0.25) is 0 Å². The quantitative estimate of drug-likeness (QED) is 0.435. The van der Waals surface area contributed by atoms with Crippen LogP contribution in [0.1, 0.15) is 28.5 Å². The van der Waals surface area contributed by atoms with Gasteiger partial charge in [0, 0.05) is 29.8 Å². The molecule has 1 N–H and O–H groups in total. The van der Waals surface area contributed by atoms with Crippen molar-refractivity contribution in [3.05, 3.63) is 81.7 Å². The number of nitrogens with one attached hydrogen (secondary N) is 1.